The maximum atomic E-state index is 12.9. The van der Waals surface area contributed by atoms with Crippen LogP contribution in [0, 0.1) is 0 Å². The second-order valence-electron chi connectivity index (χ2n) is 6.27. The molecule has 26 heavy (non-hydrogen) atoms. The lowest BCUT2D eigenvalue weighted by Crippen LogP contribution is -2.35. The summed E-state index contributed by atoms with van der Waals surface area (Å²) < 4.78 is 31.7. The predicted octanol–water partition coefficient (Wildman–Crippen LogP) is 2.20. The number of hydrogen-bond acceptors (Lipinski definition) is 4. The van der Waals surface area contributed by atoms with E-state index in [0.29, 0.717) is 12.2 Å². The summed E-state index contributed by atoms with van der Waals surface area (Å²) >= 11 is 0. The van der Waals surface area contributed by atoms with Crippen molar-refractivity contribution in [2.24, 2.45) is 0 Å². The number of ether oxygens (including phenoxy) is 1. The maximum absolute atomic E-state index is 12.9. The van der Waals surface area contributed by atoms with Crippen molar-refractivity contribution in [2.45, 2.75) is 24.3 Å². The first-order valence-corrected chi connectivity index (χ1v) is 9.92. The number of carbonyl (C=O) groups excluding carboxylic acids is 1. The number of rotatable bonds is 6. The summed E-state index contributed by atoms with van der Waals surface area (Å²) in [4.78, 5) is 14.8. The van der Waals surface area contributed by atoms with Crippen LogP contribution in [-0.2, 0) is 21.2 Å². The number of methoxy groups -OCH3 is 1. The van der Waals surface area contributed by atoms with Crippen LogP contribution < -0.4 is 9.62 Å². The second kappa shape index (κ2) is 7.57. The van der Waals surface area contributed by atoms with Crippen molar-refractivity contribution >= 4 is 21.6 Å². The van der Waals surface area contributed by atoms with E-state index in [2.05, 4.69) is 4.72 Å². The van der Waals surface area contributed by atoms with Gasteiger partial charge in [0.2, 0.25) is 10.0 Å². The number of sulfonamides is 1. The second-order valence-corrected chi connectivity index (χ2v) is 8.04. The number of nitrogens with zero attached hydrogens (tertiary/aromatic N) is 1. The first kappa shape index (κ1) is 18.6. The van der Waals surface area contributed by atoms with Gasteiger partial charge in [0.1, 0.15) is 0 Å². The Labute approximate surface area is 153 Å². The van der Waals surface area contributed by atoms with Crippen molar-refractivity contribution in [3.05, 3.63) is 59.7 Å². The Hall–Kier alpha value is -2.22. The number of benzene rings is 2. The fourth-order valence-electron chi connectivity index (χ4n) is 3.15. The van der Waals surface area contributed by atoms with E-state index in [0.717, 1.165) is 17.7 Å². The fraction of sp³-hybridized carbons (Fsp3) is 0.316. The summed E-state index contributed by atoms with van der Waals surface area (Å²) in [7, 11) is -2.10. The zero-order valence-electron chi connectivity index (χ0n) is 14.8. The summed E-state index contributed by atoms with van der Waals surface area (Å²) in [5.41, 5.74) is 2.53. The van der Waals surface area contributed by atoms with E-state index in [1.165, 1.54) is 19.2 Å². The van der Waals surface area contributed by atoms with Gasteiger partial charge in [0, 0.05) is 30.9 Å². The van der Waals surface area contributed by atoms with Gasteiger partial charge in [-0.3, -0.25) is 4.79 Å². The smallest absolute Gasteiger partial charge is 0.258 e. The van der Waals surface area contributed by atoms with Crippen LogP contribution in [-0.4, -0.2) is 40.6 Å². The minimum atomic E-state index is -3.61. The third-order valence-corrected chi connectivity index (χ3v) is 5.91. The van der Waals surface area contributed by atoms with Gasteiger partial charge in [0.15, 0.2) is 0 Å². The molecule has 1 N–H and O–H groups in total. The van der Waals surface area contributed by atoms with Gasteiger partial charge >= 0.3 is 0 Å². The van der Waals surface area contributed by atoms with Crippen molar-refractivity contribution in [3.63, 3.8) is 0 Å². The average Bonchev–Trinajstić information content (AvgIpc) is 2.97. The van der Waals surface area contributed by atoms with E-state index in [1.807, 2.05) is 31.2 Å². The monoisotopic (exact) mass is 374 g/mol. The van der Waals surface area contributed by atoms with Crippen LogP contribution in [0.3, 0.4) is 0 Å². The summed E-state index contributed by atoms with van der Waals surface area (Å²) in [6.45, 7) is 2.50. The Morgan fingerprint density at radius 3 is 2.58 bits per heavy atom. The summed E-state index contributed by atoms with van der Waals surface area (Å²) in [5, 5.41) is 0. The van der Waals surface area contributed by atoms with E-state index in [-0.39, 0.29) is 23.4 Å². The molecular formula is C19H22N2O4S. The standard InChI is InChI=1S/C19H22N2O4S/c1-14-13-16-5-3-4-6-18(16)21(14)19(22)15-7-9-17(10-8-15)26(23,24)20-11-12-25-2/h3-10,14,20H,11-13H2,1-2H3. The molecule has 1 amide bonds. The molecule has 1 aliphatic heterocycles. The minimum Gasteiger partial charge on any atom is -0.383 e. The summed E-state index contributed by atoms with van der Waals surface area (Å²) in [6.07, 6.45) is 0.817. The molecule has 1 heterocycles. The molecule has 7 heteroatoms. The highest BCUT2D eigenvalue weighted by atomic mass is 32.2. The van der Waals surface area contributed by atoms with Crippen LogP contribution in [0.25, 0.3) is 0 Å². The van der Waals surface area contributed by atoms with Gasteiger partial charge in [0.25, 0.3) is 5.91 Å². The van der Waals surface area contributed by atoms with Gasteiger partial charge in [-0.1, -0.05) is 18.2 Å². The van der Waals surface area contributed by atoms with Gasteiger partial charge in [-0.2, -0.15) is 0 Å². The van der Waals surface area contributed by atoms with Crippen LogP contribution in [0.5, 0.6) is 0 Å². The largest absolute Gasteiger partial charge is 0.383 e. The highest BCUT2D eigenvalue weighted by Crippen LogP contribution is 2.33. The lowest BCUT2D eigenvalue weighted by atomic mass is 10.1. The Kier molecular flexibility index (Phi) is 5.41. The molecule has 0 bridgehead atoms. The molecule has 0 spiro atoms. The van der Waals surface area contributed by atoms with Crippen molar-refractivity contribution < 1.29 is 17.9 Å². The topological polar surface area (TPSA) is 75.7 Å². The molecule has 0 saturated heterocycles. The normalized spacial score (nSPS) is 16.5. The van der Waals surface area contributed by atoms with Crippen molar-refractivity contribution in [3.8, 4) is 0 Å². The van der Waals surface area contributed by atoms with E-state index in [9.17, 15) is 13.2 Å². The third kappa shape index (κ3) is 3.65. The Morgan fingerprint density at radius 1 is 1.19 bits per heavy atom. The van der Waals surface area contributed by atoms with Crippen molar-refractivity contribution in [2.75, 3.05) is 25.2 Å². The van der Waals surface area contributed by atoms with Crippen molar-refractivity contribution in [1.82, 2.24) is 4.72 Å². The highest BCUT2D eigenvalue weighted by molar-refractivity contribution is 7.89. The molecule has 1 aliphatic rings. The Balaban J connectivity index is 1.80. The van der Waals surface area contributed by atoms with Crippen molar-refractivity contribution in [1.29, 1.82) is 0 Å². The molecule has 6 nitrogen and oxygen atoms in total. The molecule has 0 radical (unpaired) electrons. The zero-order valence-corrected chi connectivity index (χ0v) is 15.6. The van der Waals surface area contributed by atoms with Crippen LogP contribution in [0.1, 0.15) is 22.8 Å². The number of hydrogen-bond donors (Lipinski definition) is 1. The van der Waals surface area contributed by atoms with Crippen LogP contribution >= 0.6 is 0 Å². The molecule has 0 aromatic heterocycles. The highest BCUT2D eigenvalue weighted by Gasteiger charge is 2.31. The zero-order chi connectivity index (χ0) is 18.7. The fourth-order valence-corrected chi connectivity index (χ4v) is 4.17. The van der Waals surface area contributed by atoms with Gasteiger partial charge in [-0.05, 0) is 49.2 Å². The lowest BCUT2D eigenvalue weighted by Gasteiger charge is -2.23. The number of carbonyl (C=O) groups is 1. The van der Waals surface area contributed by atoms with Gasteiger partial charge in [0.05, 0.1) is 11.5 Å². The third-order valence-electron chi connectivity index (χ3n) is 4.44. The molecule has 0 aliphatic carbocycles. The van der Waals surface area contributed by atoms with E-state index in [4.69, 9.17) is 4.74 Å². The molecule has 1 atom stereocenters. The molecular weight excluding hydrogens is 352 g/mol. The number of nitrogens with one attached hydrogen (secondary N) is 1. The molecule has 3 rings (SSSR count). The SMILES string of the molecule is COCCNS(=O)(=O)c1ccc(C(=O)N2c3ccccc3CC2C)cc1. The lowest BCUT2D eigenvalue weighted by molar-refractivity contribution is 0.0981. The summed E-state index contributed by atoms with van der Waals surface area (Å²) in [6, 6.07) is 13.9. The Bertz CT molecular complexity index is 894. The maximum Gasteiger partial charge on any atom is 0.258 e. The molecule has 2 aromatic carbocycles. The molecule has 2 aromatic rings. The predicted molar refractivity (Wildman–Crippen MR) is 99.9 cm³/mol. The van der Waals surface area contributed by atoms with Crippen LogP contribution in [0.2, 0.25) is 0 Å². The molecule has 1 unspecified atom stereocenters. The Morgan fingerprint density at radius 2 is 1.88 bits per heavy atom. The first-order chi connectivity index (χ1) is 12.4. The molecule has 138 valence electrons. The number of anilines is 1. The van der Waals surface area contributed by atoms with E-state index in [1.54, 1.807) is 17.0 Å². The summed E-state index contributed by atoms with van der Waals surface area (Å²) in [5.74, 6) is -0.126. The first-order valence-electron chi connectivity index (χ1n) is 8.44. The molecule has 0 fully saturated rings. The van der Waals surface area contributed by atoms with E-state index >= 15 is 0 Å². The minimum absolute atomic E-state index is 0.0685. The molecule has 0 saturated carbocycles. The van der Waals surface area contributed by atoms with Crippen LogP contribution in [0.15, 0.2) is 53.4 Å². The van der Waals surface area contributed by atoms with Gasteiger partial charge in [-0.15, -0.1) is 0 Å². The number of para-hydroxylation sites is 1. The number of fused-ring (bicyclic) bond motifs is 1. The van der Waals surface area contributed by atoms with E-state index < -0.39 is 10.0 Å². The number of amides is 1. The quantitative estimate of drug-likeness (QED) is 0.787. The van der Waals surface area contributed by atoms with Gasteiger partial charge < -0.3 is 9.64 Å². The van der Waals surface area contributed by atoms with Crippen LogP contribution in [0.4, 0.5) is 5.69 Å². The average molecular weight is 374 g/mol. The van der Waals surface area contributed by atoms with Gasteiger partial charge in [-0.25, -0.2) is 13.1 Å².